The summed E-state index contributed by atoms with van der Waals surface area (Å²) in [5.74, 6) is 0.684. The first-order chi connectivity index (χ1) is 21.4. The van der Waals surface area contributed by atoms with Crippen molar-refractivity contribution < 1.29 is 13.9 Å². The maximum absolute atomic E-state index is 15.2. The van der Waals surface area contributed by atoms with Crippen molar-refractivity contribution in [2.24, 2.45) is 0 Å². The van der Waals surface area contributed by atoms with Crippen molar-refractivity contribution in [2.45, 2.75) is 19.4 Å². The van der Waals surface area contributed by atoms with E-state index in [0.717, 1.165) is 11.4 Å². The molecule has 222 valence electrons. The molecule has 5 heterocycles. The summed E-state index contributed by atoms with van der Waals surface area (Å²) in [6.45, 7) is 3.19. The molecule has 1 saturated heterocycles. The molecule has 44 heavy (non-hydrogen) atoms. The number of nitrogens with one attached hydrogen (secondary N) is 1. The minimum absolute atomic E-state index is 0.0231. The van der Waals surface area contributed by atoms with Gasteiger partial charge < -0.3 is 20.3 Å². The number of rotatable bonds is 5. The number of H-pyrrole nitrogens is 1. The second-order valence-electron chi connectivity index (χ2n) is 10.9. The van der Waals surface area contributed by atoms with E-state index < -0.39 is 11.7 Å². The SMILES string of the molecule is Nc1ccc(-c2nc3c(c(N4CCOCC4)n2)CCN(C(=O)c2cc(Cc4n[nH]c(=O)c5ccccc45)ccc2F)C3)cn1. The molecule has 0 radical (unpaired) electrons. The van der Waals surface area contributed by atoms with Gasteiger partial charge in [0, 0.05) is 48.8 Å². The summed E-state index contributed by atoms with van der Waals surface area (Å²) in [6.07, 6.45) is 2.48. The van der Waals surface area contributed by atoms with Gasteiger partial charge in [0.05, 0.1) is 42.1 Å². The third-order valence-corrected chi connectivity index (χ3v) is 8.09. The van der Waals surface area contributed by atoms with Gasteiger partial charge >= 0.3 is 0 Å². The summed E-state index contributed by atoms with van der Waals surface area (Å²) in [4.78, 5) is 43.8. The molecule has 0 aliphatic carbocycles. The van der Waals surface area contributed by atoms with Gasteiger partial charge in [0.2, 0.25) is 0 Å². The maximum atomic E-state index is 15.2. The highest BCUT2D eigenvalue weighted by Crippen LogP contribution is 2.31. The number of carbonyl (C=O) groups excluding carboxylic acids is 1. The van der Waals surface area contributed by atoms with Crippen LogP contribution >= 0.6 is 0 Å². The standard InChI is InChI=1S/C32H29FN8O3/c33-25-7-5-19(16-26-21-3-1-2-4-22(21)31(42)39-38-26)15-24(25)32(43)41-10-9-23-27(18-41)36-29(20-6-8-28(34)35-17-20)37-30(23)40-11-13-44-14-12-40/h1-8,15,17H,9-14,16,18H2,(H2,34,35)(H,39,42). The summed E-state index contributed by atoms with van der Waals surface area (Å²) in [7, 11) is 0. The number of nitrogens with zero attached hydrogens (tertiary/aromatic N) is 6. The molecule has 2 aliphatic heterocycles. The van der Waals surface area contributed by atoms with Crippen molar-refractivity contribution in [2.75, 3.05) is 43.5 Å². The molecule has 3 aromatic heterocycles. The van der Waals surface area contributed by atoms with Gasteiger partial charge in [0.25, 0.3) is 11.5 Å². The Bertz CT molecular complexity index is 1940. The normalized spacial score (nSPS) is 14.9. The second kappa shape index (κ2) is 11.5. The number of benzene rings is 2. The van der Waals surface area contributed by atoms with Crippen molar-refractivity contribution in [1.82, 2.24) is 30.0 Å². The summed E-state index contributed by atoms with van der Waals surface area (Å²) in [5, 5.41) is 8.00. The highest BCUT2D eigenvalue weighted by Gasteiger charge is 2.30. The van der Waals surface area contributed by atoms with Crippen LogP contribution in [0, 0.1) is 5.82 Å². The Labute approximate surface area is 251 Å². The number of amides is 1. The molecule has 11 nitrogen and oxygen atoms in total. The summed E-state index contributed by atoms with van der Waals surface area (Å²) in [6, 6.07) is 15.2. The molecule has 0 atom stereocenters. The van der Waals surface area contributed by atoms with Crippen LogP contribution in [0.15, 0.2) is 65.6 Å². The van der Waals surface area contributed by atoms with Gasteiger partial charge in [-0.1, -0.05) is 24.3 Å². The number of pyridine rings is 1. The molecule has 0 bridgehead atoms. The van der Waals surface area contributed by atoms with Crippen LogP contribution in [0.25, 0.3) is 22.2 Å². The van der Waals surface area contributed by atoms with Crippen LogP contribution in [-0.4, -0.2) is 68.8 Å². The highest BCUT2D eigenvalue weighted by atomic mass is 19.1. The predicted octanol–water partition coefficient (Wildman–Crippen LogP) is 3.12. The summed E-state index contributed by atoms with van der Waals surface area (Å²) >= 11 is 0. The van der Waals surface area contributed by atoms with E-state index in [0.29, 0.717) is 90.6 Å². The number of anilines is 2. The van der Waals surface area contributed by atoms with Crippen molar-refractivity contribution >= 4 is 28.3 Å². The van der Waals surface area contributed by atoms with Crippen LogP contribution in [-0.2, 0) is 24.1 Å². The number of fused-ring (bicyclic) bond motifs is 2. The van der Waals surface area contributed by atoms with Crippen molar-refractivity contribution in [3.63, 3.8) is 0 Å². The molecule has 5 aromatic rings. The van der Waals surface area contributed by atoms with Gasteiger partial charge in [-0.2, -0.15) is 5.10 Å². The number of nitrogens with two attached hydrogens (primary N) is 1. The fourth-order valence-electron chi connectivity index (χ4n) is 5.80. The van der Waals surface area contributed by atoms with E-state index in [1.54, 1.807) is 41.4 Å². The summed E-state index contributed by atoms with van der Waals surface area (Å²) < 4.78 is 20.7. The van der Waals surface area contributed by atoms with Gasteiger partial charge in [-0.25, -0.2) is 24.4 Å². The third-order valence-electron chi connectivity index (χ3n) is 8.09. The van der Waals surface area contributed by atoms with Crippen LogP contribution in [0.3, 0.4) is 0 Å². The number of carbonyl (C=O) groups is 1. The number of hydrogen-bond donors (Lipinski definition) is 2. The van der Waals surface area contributed by atoms with Gasteiger partial charge in [-0.15, -0.1) is 0 Å². The van der Waals surface area contributed by atoms with E-state index in [4.69, 9.17) is 20.4 Å². The monoisotopic (exact) mass is 592 g/mol. The minimum Gasteiger partial charge on any atom is -0.384 e. The Morgan fingerprint density at radius 2 is 1.84 bits per heavy atom. The van der Waals surface area contributed by atoms with E-state index in [2.05, 4.69) is 20.1 Å². The largest absolute Gasteiger partial charge is 0.384 e. The molecule has 2 aromatic carbocycles. The lowest BCUT2D eigenvalue weighted by atomic mass is 10.00. The van der Waals surface area contributed by atoms with Crippen molar-refractivity contribution in [1.29, 1.82) is 0 Å². The van der Waals surface area contributed by atoms with Gasteiger partial charge in [0.15, 0.2) is 5.82 Å². The molecule has 7 rings (SSSR count). The first-order valence-corrected chi connectivity index (χ1v) is 14.4. The molecule has 1 fully saturated rings. The Balaban J connectivity index is 1.20. The van der Waals surface area contributed by atoms with Crippen LogP contribution in [0.1, 0.15) is 32.9 Å². The Morgan fingerprint density at radius 3 is 2.64 bits per heavy atom. The zero-order valence-corrected chi connectivity index (χ0v) is 23.8. The molecular formula is C32H29FN8O3. The molecule has 3 N–H and O–H groups in total. The smallest absolute Gasteiger partial charge is 0.272 e. The van der Waals surface area contributed by atoms with E-state index >= 15 is 4.39 Å². The fraction of sp³-hybridized carbons (Fsp3) is 0.250. The van der Waals surface area contributed by atoms with Crippen molar-refractivity contribution in [3.05, 3.63) is 105 Å². The number of morpholine rings is 1. The molecule has 0 spiro atoms. The second-order valence-corrected chi connectivity index (χ2v) is 10.9. The number of aromatic amines is 1. The van der Waals surface area contributed by atoms with E-state index in [1.165, 1.54) is 6.07 Å². The fourth-order valence-corrected chi connectivity index (χ4v) is 5.80. The molecule has 12 heteroatoms. The molecular weight excluding hydrogens is 563 g/mol. The topological polar surface area (TPSA) is 143 Å². The number of ether oxygens (including phenoxy) is 1. The van der Waals surface area contributed by atoms with Crippen LogP contribution in [0.4, 0.5) is 16.0 Å². The number of nitrogen functional groups attached to an aromatic ring is 1. The number of aromatic nitrogens is 5. The first kappa shape index (κ1) is 27.6. The quantitative estimate of drug-likeness (QED) is 0.315. The average molecular weight is 593 g/mol. The Kier molecular flexibility index (Phi) is 7.18. The van der Waals surface area contributed by atoms with Gasteiger partial charge in [-0.05, 0) is 42.3 Å². The summed E-state index contributed by atoms with van der Waals surface area (Å²) in [5.41, 5.74) is 9.24. The van der Waals surface area contributed by atoms with Crippen molar-refractivity contribution in [3.8, 4) is 11.4 Å². The van der Waals surface area contributed by atoms with Crippen LogP contribution < -0.4 is 16.2 Å². The molecule has 2 aliphatic rings. The van der Waals surface area contributed by atoms with E-state index in [-0.39, 0.29) is 17.7 Å². The van der Waals surface area contributed by atoms with Crippen LogP contribution in [0.5, 0.6) is 0 Å². The molecule has 1 amide bonds. The lowest BCUT2D eigenvalue weighted by Gasteiger charge is -2.34. The predicted molar refractivity (Wildman–Crippen MR) is 163 cm³/mol. The van der Waals surface area contributed by atoms with E-state index in [1.807, 2.05) is 18.2 Å². The van der Waals surface area contributed by atoms with E-state index in [9.17, 15) is 9.59 Å². The number of halogens is 1. The first-order valence-electron chi connectivity index (χ1n) is 14.4. The maximum Gasteiger partial charge on any atom is 0.272 e. The van der Waals surface area contributed by atoms with Gasteiger partial charge in [-0.3, -0.25) is 9.59 Å². The highest BCUT2D eigenvalue weighted by molar-refractivity contribution is 5.95. The average Bonchev–Trinajstić information content (AvgIpc) is 3.06. The lowest BCUT2D eigenvalue weighted by Crippen LogP contribution is -2.41. The zero-order valence-electron chi connectivity index (χ0n) is 23.8. The number of hydrogen-bond acceptors (Lipinski definition) is 9. The third kappa shape index (κ3) is 5.24. The minimum atomic E-state index is -0.603. The molecule has 0 unspecified atom stereocenters. The molecule has 0 saturated carbocycles. The Morgan fingerprint density at radius 1 is 1.02 bits per heavy atom. The van der Waals surface area contributed by atoms with Crippen LogP contribution in [0.2, 0.25) is 0 Å². The Hall–Kier alpha value is -5.23. The van der Waals surface area contributed by atoms with Gasteiger partial charge in [0.1, 0.15) is 17.5 Å². The zero-order chi connectivity index (χ0) is 30.2. The lowest BCUT2D eigenvalue weighted by molar-refractivity contribution is 0.0726.